The first kappa shape index (κ1) is 21.1. The lowest BCUT2D eigenvalue weighted by molar-refractivity contribution is 0.0605. The van der Waals surface area contributed by atoms with Crippen LogP contribution in [0.3, 0.4) is 0 Å². The van der Waals surface area contributed by atoms with Gasteiger partial charge in [-0.05, 0) is 36.0 Å². The molecule has 29 heavy (non-hydrogen) atoms. The van der Waals surface area contributed by atoms with Crippen LogP contribution < -0.4 is 0 Å². The van der Waals surface area contributed by atoms with E-state index in [9.17, 15) is 8.42 Å². The van der Waals surface area contributed by atoms with Gasteiger partial charge in [0.2, 0.25) is 10.0 Å². The van der Waals surface area contributed by atoms with Crippen molar-refractivity contribution in [3.63, 3.8) is 0 Å². The van der Waals surface area contributed by atoms with Crippen LogP contribution in [0, 0.1) is 5.92 Å². The van der Waals surface area contributed by atoms with E-state index >= 15 is 0 Å². The molecule has 2 aliphatic rings. The average Bonchev–Trinajstić information content (AvgIpc) is 3.04. The van der Waals surface area contributed by atoms with Gasteiger partial charge in [-0.25, -0.2) is 8.42 Å². The number of sulfonamides is 1. The minimum absolute atomic E-state index is 0.0660. The Bertz CT molecular complexity index is 1050. The zero-order chi connectivity index (χ0) is 20.4. The fourth-order valence-electron chi connectivity index (χ4n) is 3.79. The lowest BCUT2D eigenvalue weighted by Crippen LogP contribution is -2.44. The van der Waals surface area contributed by atoms with E-state index in [1.165, 1.54) is 6.07 Å². The Balaban J connectivity index is 1.73. The minimum Gasteiger partial charge on any atom is -0.375 e. The summed E-state index contributed by atoms with van der Waals surface area (Å²) in [5.74, 6) is 0.266. The van der Waals surface area contributed by atoms with Crippen molar-refractivity contribution in [2.45, 2.75) is 36.9 Å². The molecule has 4 rings (SSSR count). The zero-order valence-electron chi connectivity index (χ0n) is 15.6. The Labute approximate surface area is 185 Å². The SMILES string of the molecule is O=S(=O)(c1cc(Cl)sc1Cl)N1Cc2ccccc2COCC1CC1C=CC=CC1. The Kier molecular flexibility index (Phi) is 6.49. The standard InChI is InChI=1S/C21H21Cl2NO3S2/c22-20-11-19(21(23)28-20)29(25,26)24-12-16-8-4-5-9-17(16)13-27-14-18(24)10-15-6-2-1-3-7-15/h1-6,8-9,11,15,18H,7,10,12-14H2. The smallest absolute Gasteiger partial charge is 0.246 e. The molecule has 1 aromatic carbocycles. The Morgan fingerprint density at radius 3 is 2.66 bits per heavy atom. The van der Waals surface area contributed by atoms with Gasteiger partial charge in [-0.3, -0.25) is 0 Å². The van der Waals surface area contributed by atoms with Gasteiger partial charge in [0.05, 0.1) is 17.6 Å². The van der Waals surface area contributed by atoms with Crippen LogP contribution in [0.15, 0.2) is 59.5 Å². The molecule has 154 valence electrons. The molecule has 2 unspecified atom stereocenters. The summed E-state index contributed by atoms with van der Waals surface area (Å²) in [5, 5.41) is 0. The fraction of sp³-hybridized carbons (Fsp3) is 0.333. The van der Waals surface area contributed by atoms with E-state index in [1.807, 2.05) is 36.4 Å². The second-order valence-electron chi connectivity index (χ2n) is 7.22. The predicted molar refractivity (Wildman–Crippen MR) is 118 cm³/mol. The summed E-state index contributed by atoms with van der Waals surface area (Å²) in [5.41, 5.74) is 1.94. The Morgan fingerprint density at radius 1 is 1.17 bits per heavy atom. The number of halogens is 2. The number of nitrogens with zero attached hydrogens (tertiary/aromatic N) is 1. The molecule has 2 atom stereocenters. The van der Waals surface area contributed by atoms with Crippen molar-refractivity contribution in [3.05, 3.63) is 74.4 Å². The van der Waals surface area contributed by atoms with Crippen molar-refractivity contribution in [2.75, 3.05) is 6.61 Å². The first-order valence-electron chi connectivity index (χ1n) is 9.39. The van der Waals surface area contributed by atoms with Gasteiger partial charge in [-0.15, -0.1) is 11.3 Å². The highest BCUT2D eigenvalue weighted by atomic mass is 35.5. The average molecular weight is 470 g/mol. The third kappa shape index (κ3) is 4.63. The molecule has 0 fully saturated rings. The molecule has 8 heteroatoms. The zero-order valence-corrected chi connectivity index (χ0v) is 18.8. The van der Waals surface area contributed by atoms with Crippen LogP contribution in [-0.4, -0.2) is 25.4 Å². The molecule has 1 aliphatic heterocycles. The third-order valence-corrected chi connectivity index (χ3v) is 8.93. The van der Waals surface area contributed by atoms with Crippen molar-refractivity contribution >= 4 is 44.6 Å². The highest BCUT2D eigenvalue weighted by Gasteiger charge is 2.36. The van der Waals surface area contributed by atoms with Gasteiger partial charge in [0.25, 0.3) is 0 Å². The number of thiophene rings is 1. The van der Waals surface area contributed by atoms with Crippen LogP contribution in [0.25, 0.3) is 0 Å². The van der Waals surface area contributed by atoms with Crippen molar-refractivity contribution in [2.24, 2.45) is 5.92 Å². The molecule has 1 aliphatic carbocycles. The van der Waals surface area contributed by atoms with Crippen molar-refractivity contribution in [1.29, 1.82) is 0 Å². The number of fused-ring (bicyclic) bond motifs is 1. The van der Waals surface area contributed by atoms with Crippen LogP contribution >= 0.6 is 34.5 Å². The second kappa shape index (κ2) is 8.92. The highest BCUT2D eigenvalue weighted by Crippen LogP contribution is 2.38. The van der Waals surface area contributed by atoms with Crippen molar-refractivity contribution in [3.8, 4) is 0 Å². The van der Waals surface area contributed by atoms with Gasteiger partial charge < -0.3 is 4.74 Å². The largest absolute Gasteiger partial charge is 0.375 e. The molecule has 0 spiro atoms. The lowest BCUT2D eigenvalue weighted by atomic mass is 9.93. The first-order valence-corrected chi connectivity index (χ1v) is 12.4. The third-order valence-electron chi connectivity index (χ3n) is 5.28. The molecule has 2 heterocycles. The molecule has 2 aromatic rings. The molecular formula is C21H21Cl2NO3S2. The predicted octanol–water partition coefficient (Wildman–Crippen LogP) is 5.67. The quantitative estimate of drug-likeness (QED) is 0.579. The maximum atomic E-state index is 13.7. The topological polar surface area (TPSA) is 46.6 Å². The van der Waals surface area contributed by atoms with E-state index in [0.29, 0.717) is 24.0 Å². The number of allylic oxidation sites excluding steroid dienone is 4. The minimum atomic E-state index is -3.85. The summed E-state index contributed by atoms with van der Waals surface area (Å²) < 4.78 is 35.3. The molecule has 0 bridgehead atoms. The maximum Gasteiger partial charge on any atom is 0.246 e. The van der Waals surface area contributed by atoms with Gasteiger partial charge >= 0.3 is 0 Å². The number of hydrogen-bond donors (Lipinski definition) is 0. The summed E-state index contributed by atoms with van der Waals surface area (Å²) in [6, 6.07) is 8.93. The van der Waals surface area contributed by atoms with Gasteiger partial charge in [-0.2, -0.15) is 4.31 Å². The van der Waals surface area contributed by atoms with Crippen LogP contribution in [0.5, 0.6) is 0 Å². The summed E-state index contributed by atoms with van der Waals surface area (Å²) in [7, 11) is -3.85. The Hall–Kier alpha value is -1.15. The number of ether oxygens (including phenoxy) is 1. The molecule has 0 radical (unpaired) electrons. The van der Waals surface area contributed by atoms with Gasteiger partial charge in [0.15, 0.2) is 0 Å². The lowest BCUT2D eigenvalue weighted by Gasteiger charge is -2.35. The molecule has 0 saturated carbocycles. The van der Waals surface area contributed by atoms with Crippen LogP contribution in [0.1, 0.15) is 24.0 Å². The van der Waals surface area contributed by atoms with Crippen LogP contribution in [-0.2, 0) is 27.9 Å². The van der Waals surface area contributed by atoms with E-state index in [4.69, 9.17) is 27.9 Å². The summed E-state index contributed by atoms with van der Waals surface area (Å²) in [6.45, 7) is 1.09. The van der Waals surface area contributed by atoms with Crippen LogP contribution in [0.4, 0.5) is 0 Å². The van der Waals surface area contributed by atoms with E-state index < -0.39 is 10.0 Å². The second-order valence-corrected chi connectivity index (χ2v) is 11.4. The van der Waals surface area contributed by atoms with Crippen molar-refractivity contribution < 1.29 is 13.2 Å². The number of hydrogen-bond acceptors (Lipinski definition) is 4. The summed E-state index contributed by atoms with van der Waals surface area (Å²) >= 11 is 13.4. The first-order chi connectivity index (χ1) is 13.9. The van der Waals surface area contributed by atoms with Crippen molar-refractivity contribution in [1.82, 2.24) is 4.31 Å². The summed E-state index contributed by atoms with van der Waals surface area (Å²) in [4.78, 5) is 0.0660. The van der Waals surface area contributed by atoms with E-state index in [2.05, 4.69) is 12.2 Å². The van der Waals surface area contributed by atoms with E-state index in [0.717, 1.165) is 28.9 Å². The van der Waals surface area contributed by atoms with Gasteiger partial charge in [-0.1, -0.05) is 71.8 Å². The normalized spacial score (nSPS) is 22.8. The van der Waals surface area contributed by atoms with Crippen LogP contribution in [0.2, 0.25) is 8.67 Å². The number of benzene rings is 1. The summed E-state index contributed by atoms with van der Waals surface area (Å²) in [6.07, 6.45) is 9.84. The molecule has 0 saturated heterocycles. The van der Waals surface area contributed by atoms with Gasteiger partial charge in [0, 0.05) is 12.6 Å². The van der Waals surface area contributed by atoms with E-state index in [1.54, 1.807) is 4.31 Å². The Morgan fingerprint density at radius 2 is 1.97 bits per heavy atom. The van der Waals surface area contributed by atoms with Gasteiger partial charge in [0.1, 0.15) is 9.23 Å². The molecular weight excluding hydrogens is 449 g/mol. The highest BCUT2D eigenvalue weighted by molar-refractivity contribution is 7.89. The fourth-order valence-corrected chi connectivity index (χ4v) is 7.50. The molecule has 0 N–H and O–H groups in total. The molecule has 4 nitrogen and oxygen atoms in total. The van der Waals surface area contributed by atoms with E-state index in [-0.39, 0.29) is 27.7 Å². The molecule has 0 amide bonds. The maximum absolute atomic E-state index is 13.7. The number of rotatable bonds is 4. The molecule has 1 aromatic heterocycles. The monoisotopic (exact) mass is 469 g/mol.